The van der Waals surface area contributed by atoms with E-state index in [4.69, 9.17) is 9.97 Å². The van der Waals surface area contributed by atoms with Crippen molar-refractivity contribution < 1.29 is 0 Å². The van der Waals surface area contributed by atoms with Gasteiger partial charge in [0.1, 0.15) is 0 Å². The first kappa shape index (κ1) is 22.1. The highest BCUT2D eigenvalue weighted by Crippen LogP contribution is 2.45. The highest BCUT2D eigenvalue weighted by molar-refractivity contribution is 6.16. The number of fused-ring (bicyclic) bond motifs is 3. The summed E-state index contributed by atoms with van der Waals surface area (Å²) in [4.78, 5) is 10.3. The molecule has 0 unspecified atom stereocenters. The van der Waals surface area contributed by atoms with Gasteiger partial charge in [0.25, 0.3) is 0 Å². The van der Waals surface area contributed by atoms with Crippen LogP contribution in [0.4, 0.5) is 0 Å². The molecule has 5 aromatic carbocycles. The van der Waals surface area contributed by atoms with Gasteiger partial charge in [-0.2, -0.15) is 0 Å². The van der Waals surface area contributed by atoms with Crippen LogP contribution in [-0.2, 0) is 0 Å². The van der Waals surface area contributed by atoms with Crippen molar-refractivity contribution in [2.24, 2.45) is 0 Å². The summed E-state index contributed by atoms with van der Waals surface area (Å²) in [6.45, 7) is 0. The van der Waals surface area contributed by atoms with Gasteiger partial charge < -0.3 is 0 Å². The predicted octanol–water partition coefficient (Wildman–Crippen LogP) is 9.45. The van der Waals surface area contributed by atoms with Crippen LogP contribution in [0.3, 0.4) is 0 Å². The summed E-state index contributed by atoms with van der Waals surface area (Å²) in [7, 11) is 0. The van der Waals surface area contributed by atoms with Crippen LogP contribution in [0.25, 0.3) is 66.4 Å². The maximum absolute atomic E-state index is 5.41. The number of hydrogen-bond donors (Lipinski definition) is 0. The molecule has 38 heavy (non-hydrogen) atoms. The maximum atomic E-state index is 5.41. The van der Waals surface area contributed by atoms with Gasteiger partial charge in [0.15, 0.2) is 0 Å². The molecule has 2 aromatic heterocycles. The Hall–Kier alpha value is -5.08. The van der Waals surface area contributed by atoms with Gasteiger partial charge >= 0.3 is 0 Å². The average Bonchev–Trinajstić information content (AvgIpc) is 3.01. The van der Waals surface area contributed by atoms with Gasteiger partial charge in [-0.3, -0.25) is 4.98 Å². The fourth-order valence-electron chi connectivity index (χ4n) is 5.40. The summed E-state index contributed by atoms with van der Waals surface area (Å²) < 4.78 is 0. The Balaban J connectivity index is 1.66. The molecule has 178 valence electrons. The van der Waals surface area contributed by atoms with Gasteiger partial charge in [-0.1, -0.05) is 133 Å². The third kappa shape index (κ3) is 3.75. The summed E-state index contributed by atoms with van der Waals surface area (Å²) in [5.41, 5.74) is 10.8. The minimum absolute atomic E-state index is 0.915. The van der Waals surface area contributed by atoms with Crippen LogP contribution in [0.15, 0.2) is 146 Å². The lowest BCUT2D eigenvalue weighted by Gasteiger charge is -2.19. The Kier molecular flexibility index (Phi) is 5.49. The fraction of sp³-hybridized carbons (Fsp3) is 0. The van der Waals surface area contributed by atoms with E-state index in [2.05, 4.69) is 127 Å². The Labute approximate surface area is 221 Å². The van der Waals surface area contributed by atoms with Crippen LogP contribution in [0, 0.1) is 0 Å². The van der Waals surface area contributed by atoms with Crippen molar-refractivity contribution in [2.45, 2.75) is 0 Å². The van der Waals surface area contributed by atoms with Crippen molar-refractivity contribution in [1.29, 1.82) is 0 Å². The summed E-state index contributed by atoms with van der Waals surface area (Å²) >= 11 is 0. The van der Waals surface area contributed by atoms with Crippen molar-refractivity contribution in [1.82, 2.24) is 9.97 Å². The molecule has 0 saturated carbocycles. The zero-order valence-corrected chi connectivity index (χ0v) is 20.8. The molecule has 2 nitrogen and oxygen atoms in total. The second-order valence-electron chi connectivity index (χ2n) is 9.39. The summed E-state index contributed by atoms with van der Waals surface area (Å²) in [6, 6.07) is 48.8. The quantitative estimate of drug-likeness (QED) is 0.233. The normalized spacial score (nSPS) is 11.2. The van der Waals surface area contributed by atoms with Gasteiger partial charge in [-0.15, -0.1) is 0 Å². The highest BCUT2D eigenvalue weighted by Gasteiger charge is 2.21. The molecule has 0 fully saturated rings. The smallest absolute Gasteiger partial charge is 0.0979 e. The van der Waals surface area contributed by atoms with Crippen LogP contribution in [-0.4, -0.2) is 9.97 Å². The van der Waals surface area contributed by atoms with Crippen LogP contribution < -0.4 is 0 Å². The van der Waals surface area contributed by atoms with Gasteiger partial charge in [0, 0.05) is 33.7 Å². The zero-order valence-electron chi connectivity index (χ0n) is 20.8. The van der Waals surface area contributed by atoms with Crippen LogP contribution >= 0.6 is 0 Å². The monoisotopic (exact) mass is 484 g/mol. The minimum Gasteiger partial charge on any atom is -0.254 e. The molecule has 7 rings (SSSR count). The Morgan fingerprint density at radius 2 is 0.868 bits per heavy atom. The van der Waals surface area contributed by atoms with Crippen LogP contribution in [0.5, 0.6) is 0 Å². The molecule has 0 aliphatic heterocycles. The second-order valence-corrected chi connectivity index (χ2v) is 9.39. The summed E-state index contributed by atoms with van der Waals surface area (Å²) in [5, 5.41) is 2.20. The van der Waals surface area contributed by atoms with E-state index in [0.717, 1.165) is 55.3 Å². The molecule has 0 saturated heterocycles. The lowest BCUT2D eigenvalue weighted by molar-refractivity contribution is 1.37. The minimum atomic E-state index is 0.915. The van der Waals surface area contributed by atoms with Crippen LogP contribution in [0.1, 0.15) is 0 Å². The number of benzene rings is 5. The predicted molar refractivity (Wildman–Crippen MR) is 159 cm³/mol. The number of nitrogens with zero attached hydrogens (tertiary/aromatic N) is 2. The third-order valence-corrected chi connectivity index (χ3v) is 7.12. The van der Waals surface area contributed by atoms with E-state index in [1.54, 1.807) is 0 Å². The van der Waals surface area contributed by atoms with Crippen LogP contribution in [0.2, 0.25) is 0 Å². The van der Waals surface area contributed by atoms with E-state index in [0.29, 0.717) is 0 Å². The molecule has 0 amide bonds. The molecule has 0 radical (unpaired) electrons. The molecule has 0 atom stereocenters. The fourth-order valence-corrected chi connectivity index (χ4v) is 5.40. The van der Waals surface area contributed by atoms with E-state index in [-0.39, 0.29) is 0 Å². The third-order valence-electron chi connectivity index (χ3n) is 7.12. The van der Waals surface area contributed by atoms with E-state index < -0.39 is 0 Å². The number of hydrogen-bond acceptors (Lipinski definition) is 2. The van der Waals surface area contributed by atoms with Crippen molar-refractivity contribution in [2.75, 3.05) is 0 Å². The highest BCUT2D eigenvalue weighted by atomic mass is 14.8. The van der Waals surface area contributed by atoms with Crippen molar-refractivity contribution >= 4 is 21.8 Å². The topological polar surface area (TPSA) is 25.8 Å². The average molecular weight is 485 g/mol. The number of pyridine rings is 2. The van der Waals surface area contributed by atoms with E-state index in [9.17, 15) is 0 Å². The molecule has 0 bridgehead atoms. The van der Waals surface area contributed by atoms with Gasteiger partial charge in [0.2, 0.25) is 0 Å². The lowest BCUT2D eigenvalue weighted by Crippen LogP contribution is -1.98. The van der Waals surface area contributed by atoms with Crippen molar-refractivity contribution in [3.8, 4) is 44.6 Å². The molecule has 2 heterocycles. The van der Waals surface area contributed by atoms with Gasteiger partial charge in [-0.05, 0) is 28.3 Å². The Bertz CT molecular complexity index is 1880. The molecular weight excluding hydrogens is 460 g/mol. The van der Waals surface area contributed by atoms with Crippen molar-refractivity contribution in [3.63, 3.8) is 0 Å². The number of rotatable bonds is 4. The Morgan fingerprint density at radius 3 is 1.47 bits per heavy atom. The first-order valence-electron chi connectivity index (χ1n) is 12.9. The van der Waals surface area contributed by atoms with Gasteiger partial charge in [-0.25, -0.2) is 4.98 Å². The van der Waals surface area contributed by atoms with E-state index in [1.807, 2.05) is 18.3 Å². The molecule has 0 aliphatic carbocycles. The molecule has 0 spiro atoms. The van der Waals surface area contributed by atoms with Crippen molar-refractivity contribution in [3.05, 3.63) is 146 Å². The standard InChI is InChI=1S/C36H24N2/c1-5-13-25(14-6-1)29-23-24-37-35-30(29)21-22-31-32(26-15-7-2-8-16-26)33(27-17-9-3-10-18-27)34(38-36(31)35)28-19-11-4-12-20-28/h1-24H. The number of aromatic nitrogens is 2. The van der Waals surface area contributed by atoms with E-state index in [1.165, 1.54) is 11.1 Å². The lowest BCUT2D eigenvalue weighted by atomic mass is 9.87. The zero-order chi connectivity index (χ0) is 25.3. The molecule has 0 N–H and O–H groups in total. The molecule has 7 aromatic rings. The molecular formula is C36H24N2. The molecule has 0 aliphatic rings. The first-order valence-corrected chi connectivity index (χ1v) is 12.9. The van der Waals surface area contributed by atoms with Gasteiger partial charge in [0.05, 0.1) is 16.7 Å². The SMILES string of the molecule is c1ccc(-c2nc3c(ccc4c(-c5ccccc5)ccnc43)c(-c3ccccc3)c2-c2ccccc2)cc1. The molecule has 2 heteroatoms. The van der Waals surface area contributed by atoms with E-state index >= 15 is 0 Å². The summed E-state index contributed by atoms with van der Waals surface area (Å²) in [5.74, 6) is 0. The Morgan fingerprint density at radius 1 is 0.368 bits per heavy atom. The largest absolute Gasteiger partial charge is 0.254 e. The first-order chi connectivity index (χ1) is 18.9. The maximum Gasteiger partial charge on any atom is 0.0979 e. The second kappa shape index (κ2) is 9.42. The summed E-state index contributed by atoms with van der Waals surface area (Å²) in [6.07, 6.45) is 1.90.